The van der Waals surface area contributed by atoms with Crippen molar-refractivity contribution in [3.8, 4) is 0 Å². The Morgan fingerprint density at radius 2 is 2.03 bits per heavy atom. The van der Waals surface area contributed by atoms with Crippen LogP contribution in [0.2, 0.25) is 0 Å². The van der Waals surface area contributed by atoms with Crippen LogP contribution in [0.25, 0.3) is 15.9 Å². The number of aromatic nitrogens is 4. The molecule has 0 saturated carbocycles. The monoisotopic (exact) mass is 555 g/mol. The molecule has 0 radical (unpaired) electrons. The summed E-state index contributed by atoms with van der Waals surface area (Å²) in [5.41, 5.74) is 3.15. The van der Waals surface area contributed by atoms with Gasteiger partial charge in [-0.3, -0.25) is 4.79 Å². The summed E-state index contributed by atoms with van der Waals surface area (Å²) in [4.78, 5) is 20.1. The number of benzene rings is 1. The van der Waals surface area contributed by atoms with Crippen molar-refractivity contribution in [3.63, 3.8) is 0 Å². The highest BCUT2D eigenvalue weighted by Crippen LogP contribution is 2.42. The Hall–Kier alpha value is -2.14. The second-order valence-corrected chi connectivity index (χ2v) is 12.9. The van der Waals surface area contributed by atoms with E-state index in [9.17, 15) is 4.79 Å². The molecule has 0 fully saturated rings. The van der Waals surface area contributed by atoms with Crippen molar-refractivity contribution in [2.45, 2.75) is 81.9 Å². The van der Waals surface area contributed by atoms with E-state index < -0.39 is 0 Å². The minimum Gasteiger partial charge on any atom is -0.369 e. The number of ether oxygens (including phenoxy) is 1. The van der Waals surface area contributed by atoms with Crippen LogP contribution in [0.4, 0.5) is 0 Å². The number of hydrogen-bond acceptors (Lipinski definition) is 8. The van der Waals surface area contributed by atoms with E-state index in [1.807, 2.05) is 25.1 Å². The number of fused-ring (bicyclic) bond motifs is 5. The molecular formula is C27H33N5O2S3. The van der Waals surface area contributed by atoms with E-state index >= 15 is 0 Å². The maximum absolute atomic E-state index is 12.8. The molecule has 3 aromatic heterocycles. The normalized spacial score (nSPS) is 18.3. The van der Waals surface area contributed by atoms with E-state index in [2.05, 4.69) is 52.8 Å². The molecule has 4 heterocycles. The topological polar surface area (TPSA) is 81.4 Å². The minimum absolute atomic E-state index is 0.00856. The summed E-state index contributed by atoms with van der Waals surface area (Å²) in [6.45, 7) is 9.16. The van der Waals surface area contributed by atoms with Gasteiger partial charge in [0, 0.05) is 23.1 Å². The summed E-state index contributed by atoms with van der Waals surface area (Å²) in [7, 11) is 0. The standard InChI is InChI=1S/C27H33N5O2S3/c1-5-12-35-25-29-24-22(19-14-27(4,6-2)34-15-20(19)37-24)23-30-31-26(32(23)25)36-16-21(33)28-17(3)13-18-10-8-7-9-11-18/h7-11,17H,5-6,12-16H2,1-4H3,(H,28,33)/t17-,27-/m1/s1. The number of hydrogen-bond donors (Lipinski definition) is 1. The number of thiophene rings is 1. The predicted octanol–water partition coefficient (Wildman–Crippen LogP) is 5.92. The molecule has 1 aliphatic heterocycles. The lowest BCUT2D eigenvalue weighted by molar-refractivity contribution is -0.119. The number of amides is 1. The SMILES string of the molecule is CCCSc1nc2sc3c(c2c2nnc(SCC(=O)N[C@H](C)Cc4ccccc4)n12)C[C@@](C)(CC)OC3. The first-order valence-electron chi connectivity index (χ1n) is 12.8. The predicted molar refractivity (Wildman–Crippen MR) is 153 cm³/mol. The zero-order valence-electron chi connectivity index (χ0n) is 21.7. The van der Waals surface area contributed by atoms with Gasteiger partial charge in [-0.1, -0.05) is 67.7 Å². The lowest BCUT2D eigenvalue weighted by Crippen LogP contribution is -2.35. The van der Waals surface area contributed by atoms with Gasteiger partial charge >= 0.3 is 0 Å². The lowest BCUT2D eigenvalue weighted by atomic mass is 9.90. The number of thioether (sulfide) groups is 2. The summed E-state index contributed by atoms with van der Waals surface area (Å²) >= 11 is 4.84. The molecule has 0 unspecified atom stereocenters. The first-order chi connectivity index (χ1) is 17.9. The molecule has 1 aliphatic rings. The van der Waals surface area contributed by atoms with Crippen LogP contribution in [0.3, 0.4) is 0 Å². The average molecular weight is 556 g/mol. The molecule has 0 spiro atoms. The minimum atomic E-state index is -0.181. The first-order valence-corrected chi connectivity index (χ1v) is 15.6. The Morgan fingerprint density at radius 3 is 2.78 bits per heavy atom. The van der Waals surface area contributed by atoms with Gasteiger partial charge in [0.05, 0.1) is 23.3 Å². The van der Waals surface area contributed by atoms with Crippen molar-refractivity contribution in [2.75, 3.05) is 11.5 Å². The Labute approximate surface area is 230 Å². The highest BCUT2D eigenvalue weighted by Gasteiger charge is 2.33. The van der Waals surface area contributed by atoms with Crippen molar-refractivity contribution in [2.24, 2.45) is 0 Å². The molecule has 0 bridgehead atoms. The van der Waals surface area contributed by atoms with E-state index in [-0.39, 0.29) is 23.3 Å². The van der Waals surface area contributed by atoms with Crippen LogP contribution < -0.4 is 5.32 Å². The molecule has 2 atom stereocenters. The molecule has 1 N–H and O–H groups in total. The number of rotatable bonds is 10. The molecule has 1 amide bonds. The molecule has 37 heavy (non-hydrogen) atoms. The maximum Gasteiger partial charge on any atom is 0.230 e. The Bertz CT molecular complexity index is 1400. The molecule has 196 valence electrons. The zero-order chi connectivity index (χ0) is 26.0. The third-order valence-corrected chi connectivity index (χ3v) is 9.90. The highest BCUT2D eigenvalue weighted by molar-refractivity contribution is 8.00. The van der Waals surface area contributed by atoms with Gasteiger partial charge in [0.1, 0.15) is 4.83 Å². The molecule has 10 heteroatoms. The third kappa shape index (κ3) is 5.67. The molecular weight excluding hydrogens is 523 g/mol. The van der Waals surface area contributed by atoms with Crippen LogP contribution in [0.1, 0.15) is 56.5 Å². The van der Waals surface area contributed by atoms with Gasteiger partial charge in [0.25, 0.3) is 0 Å². The fourth-order valence-electron chi connectivity index (χ4n) is 4.59. The Balaban J connectivity index is 1.40. The number of carbonyl (C=O) groups is 1. The van der Waals surface area contributed by atoms with E-state index in [4.69, 9.17) is 9.72 Å². The van der Waals surface area contributed by atoms with Gasteiger partial charge in [-0.25, -0.2) is 9.38 Å². The molecule has 5 rings (SSSR count). The summed E-state index contributed by atoms with van der Waals surface area (Å²) in [5.74, 6) is 1.22. The van der Waals surface area contributed by atoms with E-state index in [0.717, 1.165) is 52.5 Å². The molecule has 7 nitrogen and oxygen atoms in total. The van der Waals surface area contributed by atoms with E-state index in [0.29, 0.717) is 11.8 Å². The van der Waals surface area contributed by atoms with Crippen molar-refractivity contribution in [3.05, 3.63) is 46.3 Å². The third-order valence-electron chi connectivity index (χ3n) is 6.73. The Kier molecular flexibility index (Phi) is 8.09. The van der Waals surface area contributed by atoms with Crippen LogP contribution in [0.15, 0.2) is 40.6 Å². The molecule has 0 aliphatic carbocycles. The lowest BCUT2D eigenvalue weighted by Gasteiger charge is -2.33. The number of nitrogens with one attached hydrogen (secondary N) is 1. The summed E-state index contributed by atoms with van der Waals surface area (Å²) in [6.07, 6.45) is 3.63. The second kappa shape index (κ2) is 11.3. The van der Waals surface area contributed by atoms with Crippen LogP contribution >= 0.6 is 34.9 Å². The zero-order valence-corrected chi connectivity index (χ0v) is 24.2. The van der Waals surface area contributed by atoms with Gasteiger partial charge < -0.3 is 10.1 Å². The van der Waals surface area contributed by atoms with E-state index in [1.165, 1.54) is 27.8 Å². The van der Waals surface area contributed by atoms with Crippen molar-refractivity contribution in [1.29, 1.82) is 0 Å². The van der Waals surface area contributed by atoms with Crippen LogP contribution in [-0.2, 0) is 29.0 Å². The number of nitrogens with zero attached hydrogens (tertiary/aromatic N) is 4. The summed E-state index contributed by atoms with van der Waals surface area (Å²) < 4.78 is 8.26. The van der Waals surface area contributed by atoms with Gasteiger partial charge in [0.15, 0.2) is 16.0 Å². The highest BCUT2D eigenvalue weighted by atomic mass is 32.2. The summed E-state index contributed by atoms with van der Waals surface area (Å²) in [5, 5.41) is 15.0. The number of carbonyl (C=O) groups excluding carboxylic acids is 1. The van der Waals surface area contributed by atoms with Crippen molar-refractivity contribution in [1.82, 2.24) is 24.9 Å². The quantitative estimate of drug-likeness (QED) is 0.192. The fraction of sp³-hybridized carbons (Fsp3) is 0.481. The molecule has 0 saturated heterocycles. The van der Waals surface area contributed by atoms with Gasteiger partial charge in [-0.2, -0.15) is 0 Å². The largest absolute Gasteiger partial charge is 0.369 e. The summed E-state index contributed by atoms with van der Waals surface area (Å²) in [6, 6.07) is 10.3. The van der Waals surface area contributed by atoms with Crippen molar-refractivity contribution >= 4 is 56.6 Å². The maximum atomic E-state index is 12.8. The fourth-order valence-corrected chi connectivity index (χ4v) is 7.39. The van der Waals surface area contributed by atoms with Gasteiger partial charge in [0.2, 0.25) is 5.91 Å². The van der Waals surface area contributed by atoms with Gasteiger partial charge in [-0.15, -0.1) is 21.5 Å². The first kappa shape index (κ1) is 26.5. The average Bonchev–Trinajstić information content (AvgIpc) is 3.47. The van der Waals surface area contributed by atoms with E-state index in [1.54, 1.807) is 23.1 Å². The Morgan fingerprint density at radius 1 is 1.22 bits per heavy atom. The molecule has 4 aromatic rings. The van der Waals surface area contributed by atoms with Crippen LogP contribution in [-0.4, -0.2) is 48.6 Å². The van der Waals surface area contributed by atoms with Crippen LogP contribution in [0, 0.1) is 0 Å². The smallest absolute Gasteiger partial charge is 0.230 e. The van der Waals surface area contributed by atoms with Crippen LogP contribution in [0.5, 0.6) is 0 Å². The van der Waals surface area contributed by atoms with Gasteiger partial charge in [-0.05, 0) is 44.2 Å². The van der Waals surface area contributed by atoms with Crippen molar-refractivity contribution < 1.29 is 9.53 Å². The second-order valence-electron chi connectivity index (χ2n) is 9.78. The molecule has 1 aromatic carbocycles.